The van der Waals surface area contributed by atoms with Crippen molar-refractivity contribution >= 4 is 23.2 Å². The Morgan fingerprint density at radius 3 is 2.53 bits per heavy atom. The van der Waals surface area contributed by atoms with Crippen LogP contribution >= 0.6 is 23.2 Å². The molecule has 0 amide bonds. The van der Waals surface area contributed by atoms with Gasteiger partial charge in [-0.05, 0) is 37.5 Å². The number of nitrogens with one attached hydrogen (secondary N) is 1. The molecule has 1 aromatic carbocycles. The standard InChI is InChI=1S/C12H18Cl2N2O/c1-2-17-7-6-9(16-15)8-10-11(13)4-3-5-12(10)14/h3-5,9,16H,2,6-8,15H2,1H3. The van der Waals surface area contributed by atoms with Crippen LogP contribution in [0.2, 0.25) is 10.0 Å². The number of rotatable bonds is 7. The Balaban J connectivity index is 2.60. The van der Waals surface area contributed by atoms with Crippen LogP contribution in [0, 0.1) is 0 Å². The van der Waals surface area contributed by atoms with Crippen molar-refractivity contribution in [1.29, 1.82) is 0 Å². The Morgan fingerprint density at radius 2 is 2.00 bits per heavy atom. The lowest BCUT2D eigenvalue weighted by Crippen LogP contribution is -2.37. The minimum Gasteiger partial charge on any atom is -0.382 e. The van der Waals surface area contributed by atoms with Gasteiger partial charge in [0.2, 0.25) is 0 Å². The van der Waals surface area contributed by atoms with E-state index in [9.17, 15) is 0 Å². The highest BCUT2D eigenvalue weighted by Crippen LogP contribution is 2.25. The molecule has 1 rings (SSSR count). The summed E-state index contributed by atoms with van der Waals surface area (Å²) in [7, 11) is 0. The number of benzene rings is 1. The Hall–Kier alpha value is -0.320. The fraction of sp³-hybridized carbons (Fsp3) is 0.500. The molecule has 3 nitrogen and oxygen atoms in total. The van der Waals surface area contributed by atoms with Gasteiger partial charge in [0.05, 0.1) is 0 Å². The van der Waals surface area contributed by atoms with Gasteiger partial charge in [-0.2, -0.15) is 0 Å². The van der Waals surface area contributed by atoms with Gasteiger partial charge in [0.15, 0.2) is 0 Å². The Morgan fingerprint density at radius 1 is 1.35 bits per heavy atom. The summed E-state index contributed by atoms with van der Waals surface area (Å²) in [6.45, 7) is 3.35. The van der Waals surface area contributed by atoms with Gasteiger partial charge in [-0.25, -0.2) is 0 Å². The molecule has 0 saturated carbocycles. The van der Waals surface area contributed by atoms with E-state index in [0.29, 0.717) is 29.7 Å². The Labute approximate surface area is 112 Å². The van der Waals surface area contributed by atoms with Crippen LogP contribution in [0.25, 0.3) is 0 Å². The molecule has 1 aromatic rings. The van der Waals surface area contributed by atoms with Crippen LogP contribution in [0.3, 0.4) is 0 Å². The predicted molar refractivity (Wildman–Crippen MR) is 72.4 cm³/mol. The SMILES string of the molecule is CCOCCC(Cc1c(Cl)cccc1Cl)NN. The van der Waals surface area contributed by atoms with Gasteiger partial charge in [-0.15, -0.1) is 0 Å². The lowest BCUT2D eigenvalue weighted by Gasteiger charge is -2.17. The van der Waals surface area contributed by atoms with Crippen molar-refractivity contribution in [3.8, 4) is 0 Å². The highest BCUT2D eigenvalue weighted by molar-refractivity contribution is 6.35. The third-order valence-electron chi connectivity index (χ3n) is 2.56. The number of hydrogen-bond acceptors (Lipinski definition) is 3. The highest BCUT2D eigenvalue weighted by atomic mass is 35.5. The van der Waals surface area contributed by atoms with E-state index in [1.807, 2.05) is 25.1 Å². The molecule has 5 heteroatoms. The molecule has 0 aliphatic rings. The van der Waals surface area contributed by atoms with Crippen molar-refractivity contribution in [3.05, 3.63) is 33.8 Å². The normalized spacial score (nSPS) is 12.7. The molecule has 0 fully saturated rings. The van der Waals surface area contributed by atoms with E-state index in [-0.39, 0.29) is 6.04 Å². The maximum absolute atomic E-state index is 6.11. The average molecular weight is 277 g/mol. The summed E-state index contributed by atoms with van der Waals surface area (Å²) in [5.41, 5.74) is 3.69. The first-order chi connectivity index (χ1) is 8.19. The molecule has 0 heterocycles. The van der Waals surface area contributed by atoms with Crippen LogP contribution in [-0.4, -0.2) is 19.3 Å². The van der Waals surface area contributed by atoms with Crippen molar-refractivity contribution in [3.63, 3.8) is 0 Å². The Kier molecular flexibility index (Phi) is 6.85. The fourth-order valence-corrected chi connectivity index (χ4v) is 2.14. The zero-order valence-corrected chi connectivity index (χ0v) is 11.4. The minimum atomic E-state index is 0.110. The maximum atomic E-state index is 6.11. The number of ether oxygens (including phenoxy) is 1. The van der Waals surface area contributed by atoms with E-state index in [1.54, 1.807) is 0 Å². The third-order valence-corrected chi connectivity index (χ3v) is 3.27. The minimum absolute atomic E-state index is 0.110. The van der Waals surface area contributed by atoms with Crippen LogP contribution in [0.5, 0.6) is 0 Å². The number of hydrazine groups is 1. The molecule has 0 saturated heterocycles. The lowest BCUT2D eigenvalue weighted by atomic mass is 10.0. The summed E-state index contributed by atoms with van der Waals surface area (Å²) in [4.78, 5) is 0. The number of nitrogens with two attached hydrogens (primary N) is 1. The first-order valence-electron chi connectivity index (χ1n) is 5.65. The van der Waals surface area contributed by atoms with Crippen LogP contribution in [-0.2, 0) is 11.2 Å². The van der Waals surface area contributed by atoms with E-state index in [1.165, 1.54) is 0 Å². The van der Waals surface area contributed by atoms with Crippen LogP contribution in [0.1, 0.15) is 18.9 Å². The second-order valence-electron chi connectivity index (χ2n) is 3.75. The molecule has 1 unspecified atom stereocenters. The summed E-state index contributed by atoms with van der Waals surface area (Å²) < 4.78 is 5.30. The largest absolute Gasteiger partial charge is 0.382 e. The van der Waals surface area contributed by atoms with E-state index in [0.717, 1.165) is 12.0 Å². The molecule has 0 radical (unpaired) electrons. The van der Waals surface area contributed by atoms with Gasteiger partial charge in [0, 0.05) is 29.3 Å². The fourth-order valence-electron chi connectivity index (χ4n) is 1.59. The first-order valence-corrected chi connectivity index (χ1v) is 6.41. The third kappa shape index (κ3) is 4.82. The predicted octanol–water partition coefficient (Wildman–Crippen LogP) is 2.79. The Bertz CT molecular complexity index is 327. The smallest absolute Gasteiger partial charge is 0.0481 e. The van der Waals surface area contributed by atoms with Gasteiger partial charge in [-0.1, -0.05) is 29.3 Å². The molecule has 3 N–H and O–H groups in total. The molecule has 0 bridgehead atoms. The zero-order chi connectivity index (χ0) is 12.7. The van der Waals surface area contributed by atoms with Crippen molar-refractivity contribution in [2.75, 3.05) is 13.2 Å². The van der Waals surface area contributed by atoms with E-state index in [2.05, 4.69) is 5.43 Å². The molecule has 0 aliphatic heterocycles. The van der Waals surface area contributed by atoms with E-state index < -0.39 is 0 Å². The second kappa shape index (κ2) is 7.90. The molecule has 0 aliphatic carbocycles. The molecule has 0 spiro atoms. The van der Waals surface area contributed by atoms with Crippen molar-refractivity contribution < 1.29 is 4.74 Å². The maximum Gasteiger partial charge on any atom is 0.0481 e. The molecular formula is C12H18Cl2N2O. The van der Waals surface area contributed by atoms with Crippen LogP contribution in [0.4, 0.5) is 0 Å². The molecule has 0 aromatic heterocycles. The number of hydrogen-bond donors (Lipinski definition) is 2. The van der Waals surface area contributed by atoms with Gasteiger partial charge in [0.25, 0.3) is 0 Å². The topological polar surface area (TPSA) is 47.3 Å². The quantitative estimate of drug-likeness (QED) is 0.457. The summed E-state index contributed by atoms with van der Waals surface area (Å²) in [6, 6.07) is 5.61. The molecule has 17 heavy (non-hydrogen) atoms. The zero-order valence-electron chi connectivity index (χ0n) is 9.88. The van der Waals surface area contributed by atoms with Gasteiger partial charge < -0.3 is 4.74 Å². The summed E-state index contributed by atoms with van der Waals surface area (Å²) in [6.07, 6.45) is 1.52. The molecule has 1 atom stereocenters. The number of halogens is 2. The van der Waals surface area contributed by atoms with E-state index in [4.69, 9.17) is 33.8 Å². The van der Waals surface area contributed by atoms with E-state index >= 15 is 0 Å². The first kappa shape index (κ1) is 14.7. The van der Waals surface area contributed by atoms with Crippen molar-refractivity contribution in [2.24, 2.45) is 5.84 Å². The monoisotopic (exact) mass is 276 g/mol. The second-order valence-corrected chi connectivity index (χ2v) is 4.57. The summed E-state index contributed by atoms with van der Waals surface area (Å²) in [5, 5.41) is 1.35. The lowest BCUT2D eigenvalue weighted by molar-refractivity contribution is 0.136. The molecular weight excluding hydrogens is 259 g/mol. The van der Waals surface area contributed by atoms with Crippen LogP contribution in [0.15, 0.2) is 18.2 Å². The van der Waals surface area contributed by atoms with Crippen molar-refractivity contribution in [1.82, 2.24) is 5.43 Å². The van der Waals surface area contributed by atoms with Gasteiger partial charge >= 0.3 is 0 Å². The van der Waals surface area contributed by atoms with Crippen LogP contribution < -0.4 is 11.3 Å². The summed E-state index contributed by atoms with van der Waals surface area (Å²) >= 11 is 12.2. The highest BCUT2D eigenvalue weighted by Gasteiger charge is 2.12. The average Bonchev–Trinajstić information content (AvgIpc) is 2.32. The van der Waals surface area contributed by atoms with Gasteiger partial charge in [0.1, 0.15) is 0 Å². The van der Waals surface area contributed by atoms with Gasteiger partial charge in [-0.3, -0.25) is 11.3 Å². The van der Waals surface area contributed by atoms with Crippen molar-refractivity contribution in [2.45, 2.75) is 25.8 Å². The molecule has 96 valence electrons. The summed E-state index contributed by atoms with van der Waals surface area (Å²) in [5.74, 6) is 5.51.